The summed E-state index contributed by atoms with van der Waals surface area (Å²) in [5, 5.41) is 6.77. The standard InChI is InChI=1S/C25H29N5OS3.C3H8/c1-4-5-12-33-25-21(26)20-18(15-19(29-24(20)34-25)23-28-10-13-32-23)16-7-6-8-17(14-16)22(31)27-9-11-30(2)3;1-3-2/h6-8,10,13-15H,4-5,9,11-12,26H2,1-3H3,(H,27,31);3H2,1-2H3. The van der Waals surface area contributed by atoms with Gasteiger partial charge in [-0.05, 0) is 55.6 Å². The minimum atomic E-state index is -0.0803. The molecule has 0 fully saturated rings. The fraction of sp³-hybridized carbons (Fsp3) is 0.393. The maximum absolute atomic E-state index is 12.8. The van der Waals surface area contributed by atoms with Crippen LogP contribution in [0.1, 0.15) is 50.4 Å². The van der Waals surface area contributed by atoms with Crippen molar-refractivity contribution in [2.75, 3.05) is 38.7 Å². The van der Waals surface area contributed by atoms with Gasteiger partial charge in [-0.3, -0.25) is 4.79 Å². The van der Waals surface area contributed by atoms with Crippen LogP contribution in [-0.2, 0) is 0 Å². The lowest BCUT2D eigenvalue weighted by atomic mass is 9.99. The molecule has 3 aromatic heterocycles. The van der Waals surface area contributed by atoms with Gasteiger partial charge in [0.25, 0.3) is 5.91 Å². The molecule has 0 radical (unpaired) electrons. The summed E-state index contributed by atoms with van der Waals surface area (Å²) in [7, 11) is 3.98. The molecular weight excluding hydrogens is 519 g/mol. The number of thiazole rings is 1. The molecule has 6 nitrogen and oxygen atoms in total. The number of benzene rings is 1. The van der Waals surface area contributed by atoms with E-state index >= 15 is 0 Å². The fourth-order valence-corrected chi connectivity index (χ4v) is 6.58. The summed E-state index contributed by atoms with van der Waals surface area (Å²) in [5.41, 5.74) is 10.8. The van der Waals surface area contributed by atoms with E-state index in [9.17, 15) is 4.79 Å². The largest absolute Gasteiger partial charge is 0.397 e. The van der Waals surface area contributed by atoms with Crippen LogP contribution in [0.4, 0.5) is 5.69 Å². The Hall–Kier alpha value is -2.46. The first-order chi connectivity index (χ1) is 17.9. The summed E-state index contributed by atoms with van der Waals surface area (Å²) < 4.78 is 1.10. The predicted molar refractivity (Wildman–Crippen MR) is 163 cm³/mol. The fourth-order valence-electron chi connectivity index (χ4n) is 3.53. The van der Waals surface area contributed by atoms with Crippen molar-refractivity contribution in [3.63, 3.8) is 0 Å². The van der Waals surface area contributed by atoms with Gasteiger partial charge in [-0.1, -0.05) is 45.7 Å². The molecule has 3 N–H and O–H groups in total. The molecule has 1 aromatic carbocycles. The highest BCUT2D eigenvalue weighted by Gasteiger charge is 2.19. The van der Waals surface area contributed by atoms with Crippen LogP contribution >= 0.6 is 34.4 Å². The molecular formula is C28H37N5OS3. The van der Waals surface area contributed by atoms with Gasteiger partial charge >= 0.3 is 0 Å². The van der Waals surface area contributed by atoms with Crippen molar-refractivity contribution in [3.05, 3.63) is 47.5 Å². The number of hydrogen-bond donors (Lipinski definition) is 2. The molecule has 0 aliphatic rings. The highest BCUT2D eigenvalue weighted by Crippen LogP contribution is 2.45. The maximum atomic E-state index is 12.8. The molecule has 0 saturated heterocycles. The van der Waals surface area contributed by atoms with E-state index < -0.39 is 0 Å². The number of hydrogen-bond acceptors (Lipinski definition) is 8. The van der Waals surface area contributed by atoms with Crippen LogP contribution in [0.2, 0.25) is 0 Å². The third-order valence-corrected chi connectivity index (χ3v) is 8.60. The lowest BCUT2D eigenvalue weighted by Crippen LogP contribution is -2.31. The number of unbranched alkanes of at least 4 members (excludes halogenated alkanes) is 1. The number of amides is 1. The molecule has 0 bridgehead atoms. The second-order valence-electron chi connectivity index (χ2n) is 8.92. The zero-order valence-corrected chi connectivity index (χ0v) is 24.8. The highest BCUT2D eigenvalue weighted by molar-refractivity contribution is 8.01. The number of nitrogens with two attached hydrogens (primary N) is 1. The normalized spacial score (nSPS) is 11.0. The molecule has 0 saturated carbocycles. The van der Waals surface area contributed by atoms with Gasteiger partial charge in [-0.2, -0.15) is 0 Å². The van der Waals surface area contributed by atoms with Gasteiger partial charge in [0.05, 0.1) is 9.90 Å². The second kappa shape index (κ2) is 14.5. The van der Waals surface area contributed by atoms with Crippen LogP contribution in [0.15, 0.2) is 46.1 Å². The number of carbonyl (C=O) groups is 1. The van der Waals surface area contributed by atoms with Crippen molar-refractivity contribution in [2.24, 2.45) is 0 Å². The van der Waals surface area contributed by atoms with Crippen molar-refractivity contribution in [2.45, 2.75) is 44.2 Å². The van der Waals surface area contributed by atoms with Crippen molar-refractivity contribution in [3.8, 4) is 21.8 Å². The molecule has 198 valence electrons. The molecule has 0 unspecified atom stereocenters. The number of nitrogen functional groups attached to an aromatic ring is 1. The Labute approximate surface area is 232 Å². The Morgan fingerprint density at radius 3 is 2.65 bits per heavy atom. The molecule has 0 aliphatic carbocycles. The van der Waals surface area contributed by atoms with Crippen LogP contribution in [0.5, 0.6) is 0 Å². The van der Waals surface area contributed by atoms with Crippen LogP contribution < -0.4 is 11.1 Å². The maximum Gasteiger partial charge on any atom is 0.251 e. The molecule has 0 atom stereocenters. The molecule has 3 heterocycles. The predicted octanol–water partition coefficient (Wildman–Crippen LogP) is 7.27. The number of carbonyl (C=O) groups excluding carboxylic acids is 1. The van der Waals surface area contributed by atoms with E-state index in [1.807, 2.05) is 54.7 Å². The van der Waals surface area contributed by atoms with Crippen LogP contribution in [0.3, 0.4) is 0 Å². The highest BCUT2D eigenvalue weighted by atomic mass is 32.2. The Morgan fingerprint density at radius 1 is 1.19 bits per heavy atom. The van der Waals surface area contributed by atoms with Crippen molar-refractivity contribution in [1.29, 1.82) is 0 Å². The van der Waals surface area contributed by atoms with Crippen LogP contribution in [0, 0.1) is 0 Å². The monoisotopic (exact) mass is 555 g/mol. The summed E-state index contributed by atoms with van der Waals surface area (Å²) in [4.78, 5) is 25.1. The van der Waals surface area contributed by atoms with E-state index in [1.54, 1.807) is 40.6 Å². The van der Waals surface area contributed by atoms with Gasteiger partial charge in [0.15, 0.2) is 0 Å². The summed E-state index contributed by atoms with van der Waals surface area (Å²) in [6, 6.07) is 9.78. The van der Waals surface area contributed by atoms with E-state index in [1.165, 1.54) is 6.42 Å². The number of pyridine rings is 1. The quantitative estimate of drug-likeness (QED) is 0.158. The number of aromatic nitrogens is 2. The van der Waals surface area contributed by atoms with Crippen LogP contribution in [-0.4, -0.2) is 53.7 Å². The number of nitrogens with zero attached hydrogens (tertiary/aromatic N) is 3. The molecule has 0 spiro atoms. The smallest absolute Gasteiger partial charge is 0.251 e. The first kappa shape index (κ1) is 29.1. The van der Waals surface area contributed by atoms with Gasteiger partial charge in [0.1, 0.15) is 15.5 Å². The molecule has 37 heavy (non-hydrogen) atoms. The van der Waals surface area contributed by atoms with E-state index in [0.717, 1.165) is 67.1 Å². The lowest BCUT2D eigenvalue weighted by Gasteiger charge is -2.12. The molecule has 1 amide bonds. The summed E-state index contributed by atoms with van der Waals surface area (Å²) >= 11 is 5.00. The number of rotatable bonds is 10. The van der Waals surface area contributed by atoms with Crippen molar-refractivity contribution < 1.29 is 4.79 Å². The minimum absolute atomic E-state index is 0.0803. The molecule has 9 heteroatoms. The number of likely N-dealkylation sites (N-methyl/N-ethyl adjacent to an activating group) is 1. The summed E-state index contributed by atoms with van der Waals surface area (Å²) in [6.45, 7) is 7.83. The third-order valence-electron chi connectivity index (χ3n) is 5.33. The Bertz CT molecular complexity index is 1280. The third kappa shape index (κ3) is 7.77. The summed E-state index contributed by atoms with van der Waals surface area (Å²) in [6.07, 6.45) is 5.34. The first-order valence-corrected chi connectivity index (χ1v) is 15.4. The number of anilines is 1. The zero-order valence-electron chi connectivity index (χ0n) is 22.3. The Morgan fingerprint density at radius 2 is 1.97 bits per heavy atom. The summed E-state index contributed by atoms with van der Waals surface area (Å²) in [5.74, 6) is 0.952. The average Bonchev–Trinajstić information content (AvgIpc) is 3.53. The van der Waals surface area contributed by atoms with Gasteiger partial charge in [-0.25, -0.2) is 9.97 Å². The van der Waals surface area contributed by atoms with Gasteiger partial charge in [0, 0.05) is 35.6 Å². The Balaban J connectivity index is 0.00000121. The van der Waals surface area contributed by atoms with Crippen LogP contribution in [0.25, 0.3) is 32.0 Å². The molecule has 4 rings (SSSR count). The van der Waals surface area contributed by atoms with Gasteiger partial charge < -0.3 is 16.0 Å². The van der Waals surface area contributed by atoms with E-state index in [0.29, 0.717) is 12.1 Å². The average molecular weight is 556 g/mol. The topological polar surface area (TPSA) is 84.1 Å². The number of thioether (sulfide) groups is 1. The van der Waals surface area contributed by atoms with Gasteiger partial charge in [0.2, 0.25) is 0 Å². The number of nitrogens with one attached hydrogen (secondary N) is 1. The molecule has 4 aromatic rings. The molecule has 0 aliphatic heterocycles. The van der Waals surface area contributed by atoms with E-state index in [2.05, 4.69) is 31.1 Å². The number of fused-ring (bicyclic) bond motifs is 1. The minimum Gasteiger partial charge on any atom is -0.397 e. The second-order valence-corrected chi connectivity index (χ2v) is 12.2. The Kier molecular flexibility index (Phi) is 11.4. The lowest BCUT2D eigenvalue weighted by molar-refractivity contribution is 0.0951. The van der Waals surface area contributed by atoms with Gasteiger partial charge in [-0.15, -0.1) is 34.4 Å². The SMILES string of the molecule is CCC.CCCCSc1sc2nc(-c3nccs3)cc(-c3cccc(C(=O)NCCN(C)C)c3)c2c1N. The van der Waals surface area contributed by atoms with Crippen molar-refractivity contribution in [1.82, 2.24) is 20.2 Å². The van der Waals surface area contributed by atoms with E-state index in [-0.39, 0.29) is 5.91 Å². The number of thiophene rings is 1. The zero-order chi connectivity index (χ0) is 26.8. The van der Waals surface area contributed by atoms with Crippen molar-refractivity contribution >= 4 is 56.2 Å². The first-order valence-electron chi connectivity index (χ1n) is 12.7. The van der Waals surface area contributed by atoms with E-state index in [4.69, 9.17) is 10.7 Å².